The van der Waals surface area contributed by atoms with Crippen LogP contribution in [0.1, 0.15) is 62.6 Å². The lowest BCUT2D eigenvalue weighted by Crippen LogP contribution is -2.30. The van der Waals surface area contributed by atoms with E-state index >= 15 is 0 Å². The maximum Gasteiger partial charge on any atom is 0.303 e. The number of ether oxygens (including phenoxy) is 1. The van der Waals surface area contributed by atoms with E-state index in [-0.39, 0.29) is 23.8 Å². The summed E-state index contributed by atoms with van der Waals surface area (Å²) >= 11 is 0. The Labute approximate surface area is 221 Å². The van der Waals surface area contributed by atoms with Gasteiger partial charge in [0, 0.05) is 42.5 Å². The van der Waals surface area contributed by atoms with Crippen LogP contribution in [0.4, 0.5) is 0 Å². The van der Waals surface area contributed by atoms with E-state index in [1.165, 1.54) is 0 Å². The van der Waals surface area contributed by atoms with Gasteiger partial charge in [-0.2, -0.15) is 10.2 Å². The lowest BCUT2D eigenvalue weighted by Gasteiger charge is -2.25. The SMILES string of the molecule is CC(C)Oc1ccc(-c2nc(-c3cccc4c3CC[C@]43CC(=O)N(CCCCC(=O)O)C3)no2)cc1C#N. The maximum atomic E-state index is 12.9. The van der Waals surface area contributed by atoms with Crippen molar-refractivity contribution in [2.75, 3.05) is 13.1 Å². The van der Waals surface area contributed by atoms with E-state index in [1.807, 2.05) is 30.9 Å². The van der Waals surface area contributed by atoms with Gasteiger partial charge in [-0.3, -0.25) is 9.59 Å². The fourth-order valence-electron chi connectivity index (χ4n) is 5.66. The molecule has 1 N–H and O–H groups in total. The predicted molar refractivity (Wildman–Crippen MR) is 138 cm³/mol. The van der Waals surface area contributed by atoms with Gasteiger partial charge in [-0.1, -0.05) is 23.4 Å². The number of carboxylic acid groups (broad SMARTS) is 1. The fourth-order valence-corrected chi connectivity index (χ4v) is 5.66. The number of hydrogen-bond acceptors (Lipinski definition) is 7. The highest BCUT2D eigenvalue weighted by Gasteiger charge is 2.48. The van der Waals surface area contributed by atoms with E-state index in [0.29, 0.717) is 60.9 Å². The van der Waals surface area contributed by atoms with Crippen molar-refractivity contribution >= 4 is 11.9 Å². The van der Waals surface area contributed by atoms with Gasteiger partial charge < -0.3 is 19.3 Å². The first kappa shape index (κ1) is 25.5. The number of carboxylic acids is 1. The quantitative estimate of drug-likeness (QED) is 0.406. The number of amides is 1. The first-order valence-electron chi connectivity index (χ1n) is 13.0. The molecule has 1 aliphatic carbocycles. The monoisotopic (exact) mass is 514 g/mol. The molecule has 5 rings (SSSR count). The molecule has 0 saturated carbocycles. The molecule has 196 valence electrons. The number of aromatic nitrogens is 2. The normalized spacial score (nSPS) is 18.3. The Hall–Kier alpha value is -4.19. The van der Waals surface area contributed by atoms with Crippen LogP contribution in [0.5, 0.6) is 5.75 Å². The zero-order valence-electron chi connectivity index (χ0n) is 21.6. The summed E-state index contributed by atoms with van der Waals surface area (Å²) in [7, 11) is 0. The van der Waals surface area contributed by atoms with Crippen molar-refractivity contribution in [3.63, 3.8) is 0 Å². The Bertz CT molecular complexity index is 1420. The lowest BCUT2D eigenvalue weighted by atomic mass is 9.80. The standard InChI is InChI=1S/C29H30N4O5/c1-18(2)37-24-10-9-19(14-20(24)16-30)28-31-27(32-38-28)22-6-5-7-23-21(22)11-12-29(23)15-25(34)33(17-29)13-4-3-8-26(35)36/h5-7,9-10,14,18H,3-4,8,11-13,15,17H2,1-2H3,(H,35,36)/t29-/m1/s1. The van der Waals surface area contributed by atoms with Crippen LogP contribution in [-0.4, -0.2) is 51.2 Å². The molecular formula is C29H30N4O5. The smallest absolute Gasteiger partial charge is 0.303 e. The highest BCUT2D eigenvalue weighted by atomic mass is 16.5. The molecule has 1 amide bonds. The maximum absolute atomic E-state index is 12.9. The molecule has 2 aliphatic rings. The van der Waals surface area contributed by atoms with E-state index in [1.54, 1.807) is 18.2 Å². The molecule has 1 aromatic heterocycles. The number of likely N-dealkylation sites (tertiary alicyclic amines) is 1. The molecule has 0 unspecified atom stereocenters. The van der Waals surface area contributed by atoms with Gasteiger partial charge in [-0.15, -0.1) is 0 Å². The van der Waals surface area contributed by atoms with Crippen molar-refractivity contribution < 1.29 is 24.0 Å². The third-order valence-electron chi connectivity index (χ3n) is 7.38. The van der Waals surface area contributed by atoms with E-state index in [4.69, 9.17) is 14.4 Å². The summed E-state index contributed by atoms with van der Waals surface area (Å²) < 4.78 is 11.3. The Kier molecular flexibility index (Phi) is 6.89. The van der Waals surface area contributed by atoms with Crippen molar-refractivity contribution in [1.82, 2.24) is 15.0 Å². The van der Waals surface area contributed by atoms with Crippen LogP contribution in [0.3, 0.4) is 0 Å². The number of nitriles is 1. The molecule has 2 heterocycles. The highest BCUT2D eigenvalue weighted by molar-refractivity contribution is 5.82. The van der Waals surface area contributed by atoms with Gasteiger partial charge in [0.05, 0.1) is 11.7 Å². The molecule has 3 aromatic rings. The summed E-state index contributed by atoms with van der Waals surface area (Å²) in [6.07, 6.45) is 3.47. The molecule has 0 bridgehead atoms. The molecule has 1 saturated heterocycles. The number of nitrogens with zero attached hydrogens (tertiary/aromatic N) is 4. The van der Waals surface area contributed by atoms with Gasteiger partial charge in [0.2, 0.25) is 11.7 Å². The summed E-state index contributed by atoms with van der Waals surface area (Å²) in [6.45, 7) is 5.05. The summed E-state index contributed by atoms with van der Waals surface area (Å²) in [5, 5.41) is 22.7. The summed E-state index contributed by atoms with van der Waals surface area (Å²) in [6, 6.07) is 13.5. The van der Waals surface area contributed by atoms with Gasteiger partial charge in [0.25, 0.3) is 5.89 Å². The highest BCUT2D eigenvalue weighted by Crippen LogP contribution is 2.48. The zero-order valence-corrected chi connectivity index (χ0v) is 21.6. The van der Waals surface area contributed by atoms with Crippen LogP contribution in [0.15, 0.2) is 40.9 Å². The molecule has 38 heavy (non-hydrogen) atoms. The van der Waals surface area contributed by atoms with Crippen molar-refractivity contribution in [3.05, 3.63) is 53.1 Å². The predicted octanol–water partition coefficient (Wildman–Crippen LogP) is 4.73. The Morgan fingerprint density at radius 2 is 2.13 bits per heavy atom. The molecule has 1 aliphatic heterocycles. The number of hydrogen-bond donors (Lipinski definition) is 1. The number of aliphatic carboxylic acids is 1. The second-order valence-corrected chi connectivity index (χ2v) is 10.4. The van der Waals surface area contributed by atoms with Gasteiger partial charge in [-0.25, -0.2) is 0 Å². The van der Waals surface area contributed by atoms with Crippen LogP contribution in [0, 0.1) is 11.3 Å². The van der Waals surface area contributed by atoms with Crippen LogP contribution < -0.4 is 4.74 Å². The molecule has 0 radical (unpaired) electrons. The minimum absolute atomic E-state index is 0.0504. The van der Waals surface area contributed by atoms with Crippen LogP contribution in [0.25, 0.3) is 22.8 Å². The first-order chi connectivity index (χ1) is 18.3. The van der Waals surface area contributed by atoms with Crippen molar-refractivity contribution in [2.24, 2.45) is 0 Å². The number of benzene rings is 2. The van der Waals surface area contributed by atoms with Gasteiger partial charge in [-0.05, 0) is 68.9 Å². The number of rotatable bonds is 9. The van der Waals surface area contributed by atoms with Gasteiger partial charge >= 0.3 is 5.97 Å². The Balaban J connectivity index is 1.37. The van der Waals surface area contributed by atoms with E-state index < -0.39 is 5.97 Å². The average Bonchev–Trinajstić information content (AvgIpc) is 3.60. The summed E-state index contributed by atoms with van der Waals surface area (Å²) in [4.78, 5) is 30.2. The lowest BCUT2D eigenvalue weighted by molar-refractivity contribution is -0.137. The van der Waals surface area contributed by atoms with E-state index in [0.717, 1.165) is 29.5 Å². The second kappa shape index (κ2) is 10.3. The third kappa shape index (κ3) is 4.86. The Morgan fingerprint density at radius 3 is 2.89 bits per heavy atom. The van der Waals surface area contributed by atoms with Crippen molar-refractivity contribution in [2.45, 2.75) is 63.9 Å². The van der Waals surface area contributed by atoms with Crippen molar-refractivity contribution in [3.8, 4) is 34.7 Å². The fraction of sp³-hybridized carbons (Fsp3) is 0.414. The van der Waals surface area contributed by atoms with Crippen LogP contribution in [0.2, 0.25) is 0 Å². The molecule has 2 aromatic carbocycles. The topological polar surface area (TPSA) is 130 Å². The Morgan fingerprint density at radius 1 is 1.29 bits per heavy atom. The average molecular weight is 515 g/mol. The summed E-state index contributed by atoms with van der Waals surface area (Å²) in [5.74, 6) is 0.628. The van der Waals surface area contributed by atoms with E-state index in [2.05, 4.69) is 22.3 Å². The zero-order chi connectivity index (χ0) is 26.9. The van der Waals surface area contributed by atoms with Crippen molar-refractivity contribution in [1.29, 1.82) is 5.26 Å². The molecular weight excluding hydrogens is 484 g/mol. The van der Waals surface area contributed by atoms with Crippen LogP contribution in [-0.2, 0) is 21.4 Å². The molecule has 9 heteroatoms. The summed E-state index contributed by atoms with van der Waals surface area (Å²) in [5.41, 5.74) is 3.98. The molecule has 1 fully saturated rings. The largest absolute Gasteiger partial charge is 0.490 e. The number of fused-ring (bicyclic) bond motifs is 2. The number of unbranched alkanes of at least 4 members (excludes halogenated alkanes) is 1. The number of carbonyl (C=O) groups is 2. The van der Waals surface area contributed by atoms with Gasteiger partial charge in [0.1, 0.15) is 11.8 Å². The second-order valence-electron chi connectivity index (χ2n) is 10.4. The molecule has 1 spiro atoms. The van der Waals surface area contributed by atoms with Gasteiger partial charge in [0.15, 0.2) is 0 Å². The third-order valence-corrected chi connectivity index (χ3v) is 7.38. The minimum atomic E-state index is -0.807. The first-order valence-corrected chi connectivity index (χ1v) is 13.0. The van der Waals surface area contributed by atoms with E-state index in [9.17, 15) is 14.9 Å². The molecule has 1 atom stereocenters. The number of carbonyl (C=O) groups excluding carboxylic acids is 1. The van der Waals surface area contributed by atoms with Crippen LogP contribution >= 0.6 is 0 Å². The minimum Gasteiger partial charge on any atom is -0.490 e. The molecule has 9 nitrogen and oxygen atoms in total.